The standard InChI is InChI=1S/C20H30N6O2/c1-7-16-17(14(5)28-25-16)13(4)22-15-8-9-26(10-15)19-11(2)12(3)23-18(24-19)20(27)21-6/h13,15,22H,7-10H2,1-6H3,(H,21,27)/t13?,15-/m1/s1. The van der Waals surface area contributed by atoms with E-state index in [1.165, 1.54) is 0 Å². The van der Waals surface area contributed by atoms with E-state index in [-0.39, 0.29) is 17.8 Å². The molecule has 1 fully saturated rings. The molecule has 0 radical (unpaired) electrons. The third kappa shape index (κ3) is 3.87. The quantitative estimate of drug-likeness (QED) is 0.786. The van der Waals surface area contributed by atoms with Gasteiger partial charge in [-0.25, -0.2) is 9.97 Å². The van der Waals surface area contributed by atoms with Gasteiger partial charge in [-0.3, -0.25) is 4.79 Å². The van der Waals surface area contributed by atoms with Crippen molar-refractivity contribution in [2.24, 2.45) is 0 Å². The minimum Gasteiger partial charge on any atom is -0.361 e. The maximum absolute atomic E-state index is 12.0. The minimum absolute atomic E-state index is 0.167. The third-order valence-corrected chi connectivity index (χ3v) is 5.52. The molecule has 1 aliphatic heterocycles. The van der Waals surface area contributed by atoms with Crippen LogP contribution in [0.15, 0.2) is 4.52 Å². The van der Waals surface area contributed by atoms with Crippen molar-refractivity contribution in [2.45, 2.75) is 59.5 Å². The van der Waals surface area contributed by atoms with Crippen molar-refractivity contribution in [2.75, 3.05) is 25.0 Å². The Morgan fingerprint density at radius 2 is 2.07 bits per heavy atom. The van der Waals surface area contributed by atoms with Crippen LogP contribution in [0.1, 0.15) is 65.2 Å². The summed E-state index contributed by atoms with van der Waals surface area (Å²) >= 11 is 0. The van der Waals surface area contributed by atoms with E-state index in [0.717, 1.165) is 60.0 Å². The molecule has 1 unspecified atom stereocenters. The summed E-state index contributed by atoms with van der Waals surface area (Å²) in [5.41, 5.74) is 4.03. The number of hydrogen-bond acceptors (Lipinski definition) is 7. The van der Waals surface area contributed by atoms with Crippen LogP contribution in [0.2, 0.25) is 0 Å². The molecule has 2 N–H and O–H groups in total. The minimum atomic E-state index is -0.262. The summed E-state index contributed by atoms with van der Waals surface area (Å²) in [5.74, 6) is 1.68. The van der Waals surface area contributed by atoms with Gasteiger partial charge in [0.1, 0.15) is 11.6 Å². The van der Waals surface area contributed by atoms with Crippen LogP contribution in [0.4, 0.5) is 5.82 Å². The molecule has 3 heterocycles. The Kier molecular flexibility index (Phi) is 5.98. The third-order valence-electron chi connectivity index (χ3n) is 5.52. The normalized spacial score (nSPS) is 17.8. The molecular formula is C20H30N6O2. The number of aryl methyl sites for hydroxylation is 3. The fourth-order valence-corrected chi connectivity index (χ4v) is 3.90. The molecule has 28 heavy (non-hydrogen) atoms. The van der Waals surface area contributed by atoms with E-state index in [1.54, 1.807) is 7.05 Å². The monoisotopic (exact) mass is 386 g/mol. The van der Waals surface area contributed by atoms with Gasteiger partial charge in [0.25, 0.3) is 5.91 Å². The van der Waals surface area contributed by atoms with Gasteiger partial charge >= 0.3 is 0 Å². The van der Waals surface area contributed by atoms with E-state index < -0.39 is 0 Å². The lowest BCUT2D eigenvalue weighted by molar-refractivity contribution is 0.0952. The summed E-state index contributed by atoms with van der Waals surface area (Å²) in [5, 5.41) is 10.5. The van der Waals surface area contributed by atoms with Crippen molar-refractivity contribution in [1.82, 2.24) is 25.8 Å². The van der Waals surface area contributed by atoms with Gasteiger partial charge < -0.3 is 20.1 Å². The summed E-state index contributed by atoms with van der Waals surface area (Å²) in [4.78, 5) is 23.1. The molecule has 0 bridgehead atoms. The first kappa shape index (κ1) is 20.3. The van der Waals surface area contributed by atoms with E-state index in [2.05, 4.69) is 44.5 Å². The van der Waals surface area contributed by atoms with Crippen molar-refractivity contribution in [3.8, 4) is 0 Å². The highest BCUT2D eigenvalue weighted by Gasteiger charge is 2.29. The maximum Gasteiger partial charge on any atom is 0.288 e. The zero-order valence-electron chi connectivity index (χ0n) is 17.6. The van der Waals surface area contributed by atoms with Gasteiger partial charge in [0.2, 0.25) is 5.82 Å². The van der Waals surface area contributed by atoms with E-state index in [0.29, 0.717) is 6.04 Å². The highest BCUT2D eigenvalue weighted by Crippen LogP contribution is 2.27. The molecule has 2 atom stereocenters. The summed E-state index contributed by atoms with van der Waals surface area (Å²) in [7, 11) is 1.59. The van der Waals surface area contributed by atoms with Crippen LogP contribution in [0.3, 0.4) is 0 Å². The highest BCUT2D eigenvalue weighted by molar-refractivity contribution is 5.90. The van der Waals surface area contributed by atoms with E-state index in [4.69, 9.17) is 4.52 Å². The van der Waals surface area contributed by atoms with E-state index in [1.807, 2.05) is 20.8 Å². The number of carbonyl (C=O) groups excluding carboxylic acids is 1. The number of anilines is 1. The topological polar surface area (TPSA) is 96.2 Å². The molecule has 0 aliphatic carbocycles. The van der Waals surface area contributed by atoms with E-state index in [9.17, 15) is 4.79 Å². The lowest BCUT2D eigenvalue weighted by Crippen LogP contribution is -2.35. The number of aromatic nitrogens is 3. The van der Waals surface area contributed by atoms with Gasteiger partial charge in [0.15, 0.2) is 0 Å². The molecule has 2 aromatic heterocycles. The van der Waals surface area contributed by atoms with Crippen LogP contribution < -0.4 is 15.5 Å². The molecule has 0 saturated carbocycles. The zero-order valence-corrected chi connectivity index (χ0v) is 17.6. The molecule has 8 heteroatoms. The summed E-state index contributed by atoms with van der Waals surface area (Å²) in [6, 6.07) is 0.493. The van der Waals surface area contributed by atoms with Crippen LogP contribution >= 0.6 is 0 Å². The van der Waals surface area contributed by atoms with E-state index >= 15 is 0 Å². The summed E-state index contributed by atoms with van der Waals surface area (Å²) in [6.07, 6.45) is 1.87. The molecule has 1 aliphatic rings. The Hall–Kier alpha value is -2.48. The summed E-state index contributed by atoms with van der Waals surface area (Å²) < 4.78 is 5.38. The second-order valence-corrected chi connectivity index (χ2v) is 7.43. The molecule has 0 spiro atoms. The average Bonchev–Trinajstić information content (AvgIpc) is 3.29. The van der Waals surface area contributed by atoms with Gasteiger partial charge in [-0.05, 0) is 40.5 Å². The van der Waals surface area contributed by atoms with Crippen LogP contribution in [-0.4, -0.2) is 47.2 Å². The van der Waals surface area contributed by atoms with Crippen molar-refractivity contribution in [3.63, 3.8) is 0 Å². The van der Waals surface area contributed by atoms with Crippen molar-refractivity contribution in [1.29, 1.82) is 0 Å². The second kappa shape index (κ2) is 8.26. The first-order valence-electron chi connectivity index (χ1n) is 9.89. The number of rotatable bonds is 6. The van der Waals surface area contributed by atoms with Crippen LogP contribution in [-0.2, 0) is 6.42 Å². The first-order chi connectivity index (χ1) is 13.3. The number of amides is 1. The number of nitrogens with zero attached hydrogens (tertiary/aromatic N) is 4. The molecule has 2 aromatic rings. The van der Waals surface area contributed by atoms with Gasteiger partial charge in [-0.1, -0.05) is 12.1 Å². The number of hydrogen-bond donors (Lipinski definition) is 2. The Bertz CT molecular complexity index is 863. The summed E-state index contributed by atoms with van der Waals surface area (Å²) in [6.45, 7) is 11.9. The molecule has 8 nitrogen and oxygen atoms in total. The van der Waals surface area contributed by atoms with Gasteiger partial charge in [-0.2, -0.15) is 0 Å². The van der Waals surface area contributed by atoms with Crippen LogP contribution in [0.5, 0.6) is 0 Å². The lowest BCUT2D eigenvalue weighted by Gasteiger charge is -2.23. The van der Waals surface area contributed by atoms with Crippen molar-refractivity contribution >= 4 is 11.7 Å². The maximum atomic E-state index is 12.0. The Morgan fingerprint density at radius 1 is 1.32 bits per heavy atom. The van der Waals surface area contributed by atoms with Crippen LogP contribution in [0.25, 0.3) is 0 Å². The van der Waals surface area contributed by atoms with Gasteiger partial charge in [0, 0.05) is 49.0 Å². The smallest absolute Gasteiger partial charge is 0.288 e. The molecular weight excluding hydrogens is 356 g/mol. The predicted molar refractivity (Wildman–Crippen MR) is 108 cm³/mol. The highest BCUT2D eigenvalue weighted by atomic mass is 16.5. The number of carbonyl (C=O) groups is 1. The molecule has 152 valence electrons. The SMILES string of the molecule is CCc1noc(C)c1C(C)N[C@@H]1CCN(c2nc(C(=O)NC)nc(C)c2C)C1. The fraction of sp³-hybridized carbons (Fsp3) is 0.600. The second-order valence-electron chi connectivity index (χ2n) is 7.43. The molecule has 0 aromatic carbocycles. The molecule has 1 amide bonds. The first-order valence-corrected chi connectivity index (χ1v) is 9.89. The van der Waals surface area contributed by atoms with Crippen molar-refractivity contribution < 1.29 is 9.32 Å². The largest absolute Gasteiger partial charge is 0.361 e. The lowest BCUT2D eigenvalue weighted by atomic mass is 10.0. The zero-order chi connectivity index (χ0) is 20.4. The van der Waals surface area contributed by atoms with Gasteiger partial charge in [0.05, 0.1) is 5.69 Å². The van der Waals surface area contributed by atoms with Gasteiger partial charge in [-0.15, -0.1) is 0 Å². The Labute approximate surface area is 166 Å². The number of nitrogens with one attached hydrogen (secondary N) is 2. The molecule has 1 saturated heterocycles. The fourth-order valence-electron chi connectivity index (χ4n) is 3.90. The average molecular weight is 387 g/mol. The van der Waals surface area contributed by atoms with Crippen molar-refractivity contribution in [3.05, 3.63) is 34.1 Å². The molecule has 3 rings (SSSR count). The predicted octanol–water partition coefficient (Wildman–Crippen LogP) is 2.24. The van der Waals surface area contributed by atoms with Crippen LogP contribution in [0, 0.1) is 20.8 Å². The Morgan fingerprint density at radius 3 is 2.75 bits per heavy atom. The Balaban J connectivity index is 1.74.